The normalized spacial score (nSPS) is 23.4. The first-order chi connectivity index (χ1) is 8.59. The Morgan fingerprint density at radius 2 is 2.00 bits per heavy atom. The molecule has 0 saturated heterocycles. The molecule has 2 rings (SSSR count). The van der Waals surface area contributed by atoms with Gasteiger partial charge in [-0.25, -0.2) is 0 Å². The summed E-state index contributed by atoms with van der Waals surface area (Å²) in [7, 11) is 0. The molecule has 2 N–H and O–H groups in total. The minimum absolute atomic E-state index is 0.287. The van der Waals surface area contributed by atoms with Crippen molar-refractivity contribution in [2.75, 3.05) is 6.54 Å². The van der Waals surface area contributed by atoms with Crippen LogP contribution in [-0.4, -0.2) is 16.6 Å². The highest BCUT2D eigenvalue weighted by Crippen LogP contribution is 2.37. The van der Waals surface area contributed by atoms with Gasteiger partial charge in [0.15, 0.2) is 0 Å². The Kier molecular flexibility index (Phi) is 3.85. The van der Waals surface area contributed by atoms with Crippen molar-refractivity contribution >= 4 is 15.9 Å². The number of aliphatic hydroxyl groups is 1. The Labute approximate surface area is 117 Å². The van der Waals surface area contributed by atoms with Crippen molar-refractivity contribution in [1.82, 2.24) is 10.2 Å². The Bertz CT molecular complexity index is 446. The van der Waals surface area contributed by atoms with E-state index in [4.69, 9.17) is 0 Å². The molecule has 0 spiro atoms. The van der Waals surface area contributed by atoms with Crippen LogP contribution in [0.2, 0.25) is 0 Å². The molecule has 1 heterocycles. The summed E-state index contributed by atoms with van der Waals surface area (Å²) in [6, 6.07) is 10.2. The van der Waals surface area contributed by atoms with Gasteiger partial charge < -0.3 is 15.3 Å². The Morgan fingerprint density at radius 1 is 1.33 bits per heavy atom. The van der Waals surface area contributed by atoms with Gasteiger partial charge >= 0.3 is 0 Å². The number of nitrogens with zero attached hydrogens (tertiary/aromatic N) is 1. The number of halogens is 1. The molecule has 0 aromatic heterocycles. The summed E-state index contributed by atoms with van der Waals surface area (Å²) < 4.78 is 0.657. The molecule has 0 aliphatic carbocycles. The van der Waals surface area contributed by atoms with Crippen LogP contribution >= 0.6 is 15.9 Å². The van der Waals surface area contributed by atoms with Crippen LogP contribution < -0.4 is 5.32 Å². The minimum Gasteiger partial charge on any atom is -0.493 e. The van der Waals surface area contributed by atoms with Crippen molar-refractivity contribution < 1.29 is 5.11 Å². The van der Waals surface area contributed by atoms with E-state index in [-0.39, 0.29) is 11.5 Å². The highest BCUT2D eigenvalue weighted by Gasteiger charge is 2.41. The molecular formula is C14H19BrN2O. The lowest BCUT2D eigenvalue weighted by Crippen LogP contribution is -2.47. The molecule has 98 valence electrons. The van der Waals surface area contributed by atoms with Crippen LogP contribution in [0.3, 0.4) is 0 Å². The van der Waals surface area contributed by atoms with Gasteiger partial charge in [0.2, 0.25) is 5.88 Å². The maximum absolute atomic E-state index is 10.2. The number of aliphatic hydroxyl groups excluding tert-OH is 1. The highest BCUT2D eigenvalue weighted by atomic mass is 79.9. The molecular weight excluding hydrogens is 292 g/mol. The Morgan fingerprint density at radius 3 is 2.61 bits per heavy atom. The molecule has 1 aromatic carbocycles. The van der Waals surface area contributed by atoms with Crippen molar-refractivity contribution in [2.45, 2.75) is 32.4 Å². The van der Waals surface area contributed by atoms with Crippen molar-refractivity contribution in [3.05, 3.63) is 46.4 Å². The van der Waals surface area contributed by atoms with Crippen molar-refractivity contribution in [2.24, 2.45) is 0 Å². The third-order valence-electron chi connectivity index (χ3n) is 3.42. The average Bonchev–Trinajstić information content (AvgIpc) is 2.61. The van der Waals surface area contributed by atoms with E-state index in [9.17, 15) is 5.11 Å². The molecule has 1 unspecified atom stereocenters. The molecule has 4 heteroatoms. The van der Waals surface area contributed by atoms with Gasteiger partial charge in [0.05, 0.1) is 0 Å². The lowest BCUT2D eigenvalue weighted by molar-refractivity contribution is 0.0912. The van der Waals surface area contributed by atoms with Crippen LogP contribution in [0.15, 0.2) is 40.8 Å². The van der Waals surface area contributed by atoms with E-state index >= 15 is 0 Å². The van der Waals surface area contributed by atoms with Gasteiger partial charge in [-0.2, -0.15) is 0 Å². The smallest absolute Gasteiger partial charge is 0.220 e. The predicted octanol–water partition coefficient (Wildman–Crippen LogP) is 3.64. The summed E-state index contributed by atoms with van der Waals surface area (Å²) in [6.07, 6.45) is 2.15. The minimum atomic E-state index is -0.390. The standard InChI is InChI=1S/C14H19BrN2O/c1-3-4-10-17-13(18)12(15)16-14(17,2)11-8-6-5-7-9-11/h5-9,16,18H,3-4,10H2,1-2H3. The molecule has 0 radical (unpaired) electrons. The topological polar surface area (TPSA) is 35.5 Å². The molecule has 0 saturated carbocycles. The average molecular weight is 311 g/mol. The number of hydrogen-bond acceptors (Lipinski definition) is 3. The van der Waals surface area contributed by atoms with E-state index < -0.39 is 0 Å². The maximum Gasteiger partial charge on any atom is 0.220 e. The van der Waals surface area contributed by atoms with Crippen LogP contribution in [0.5, 0.6) is 0 Å². The number of unbranched alkanes of at least 4 members (excludes halogenated alkanes) is 1. The van der Waals surface area contributed by atoms with Gasteiger partial charge in [0.1, 0.15) is 10.3 Å². The van der Waals surface area contributed by atoms with Crippen LogP contribution in [-0.2, 0) is 5.66 Å². The predicted molar refractivity (Wildman–Crippen MR) is 77.1 cm³/mol. The van der Waals surface area contributed by atoms with E-state index in [1.165, 1.54) is 0 Å². The highest BCUT2D eigenvalue weighted by molar-refractivity contribution is 9.11. The van der Waals surface area contributed by atoms with Crippen LogP contribution in [0.1, 0.15) is 32.3 Å². The molecule has 0 fully saturated rings. The molecule has 1 aliphatic heterocycles. The molecule has 18 heavy (non-hydrogen) atoms. The lowest BCUT2D eigenvalue weighted by atomic mass is 10.0. The molecule has 1 aromatic rings. The summed E-state index contributed by atoms with van der Waals surface area (Å²) in [6.45, 7) is 5.07. The summed E-state index contributed by atoms with van der Waals surface area (Å²) in [5.41, 5.74) is 0.751. The first-order valence-corrected chi connectivity index (χ1v) is 7.09. The zero-order valence-electron chi connectivity index (χ0n) is 10.8. The van der Waals surface area contributed by atoms with E-state index in [0.717, 1.165) is 24.9 Å². The van der Waals surface area contributed by atoms with E-state index in [2.05, 4.69) is 47.2 Å². The summed E-state index contributed by atoms with van der Waals surface area (Å²) in [5.74, 6) is 0.287. The van der Waals surface area contributed by atoms with Gasteiger partial charge in [-0.1, -0.05) is 43.7 Å². The van der Waals surface area contributed by atoms with E-state index in [1.807, 2.05) is 23.1 Å². The summed E-state index contributed by atoms with van der Waals surface area (Å²) in [4.78, 5) is 2.01. The Balaban J connectivity index is 2.32. The first-order valence-electron chi connectivity index (χ1n) is 6.29. The lowest BCUT2D eigenvalue weighted by Gasteiger charge is -2.37. The Hall–Kier alpha value is -1.16. The fraction of sp³-hybridized carbons (Fsp3) is 0.429. The van der Waals surface area contributed by atoms with Gasteiger partial charge in [-0.15, -0.1) is 0 Å². The van der Waals surface area contributed by atoms with Gasteiger partial charge in [-0.05, 0) is 34.8 Å². The van der Waals surface area contributed by atoms with E-state index in [1.54, 1.807) is 0 Å². The van der Waals surface area contributed by atoms with Gasteiger partial charge in [0, 0.05) is 6.54 Å². The SMILES string of the molecule is CCCCN1C(O)=C(Br)NC1(C)c1ccccc1. The molecule has 1 aliphatic rings. The third-order valence-corrected chi connectivity index (χ3v) is 3.97. The summed E-state index contributed by atoms with van der Waals surface area (Å²) >= 11 is 3.39. The van der Waals surface area contributed by atoms with Crippen molar-refractivity contribution in [3.8, 4) is 0 Å². The van der Waals surface area contributed by atoms with Gasteiger partial charge in [-0.3, -0.25) is 0 Å². The molecule has 0 bridgehead atoms. The molecule has 0 amide bonds. The number of benzene rings is 1. The van der Waals surface area contributed by atoms with Crippen LogP contribution in [0.25, 0.3) is 0 Å². The molecule has 1 atom stereocenters. The fourth-order valence-electron chi connectivity index (χ4n) is 2.30. The van der Waals surface area contributed by atoms with Crippen molar-refractivity contribution in [1.29, 1.82) is 0 Å². The number of rotatable bonds is 4. The zero-order chi connectivity index (χ0) is 13.2. The van der Waals surface area contributed by atoms with Crippen LogP contribution in [0, 0.1) is 0 Å². The first kappa shape index (κ1) is 13.3. The second kappa shape index (κ2) is 5.22. The molecule has 3 nitrogen and oxygen atoms in total. The summed E-state index contributed by atoms with van der Waals surface area (Å²) in [5, 5.41) is 13.5. The van der Waals surface area contributed by atoms with Gasteiger partial charge in [0.25, 0.3) is 0 Å². The fourth-order valence-corrected chi connectivity index (χ4v) is 2.90. The zero-order valence-corrected chi connectivity index (χ0v) is 12.4. The second-order valence-corrected chi connectivity index (χ2v) is 5.50. The maximum atomic E-state index is 10.2. The quantitative estimate of drug-likeness (QED) is 0.833. The number of hydrogen-bond donors (Lipinski definition) is 2. The van der Waals surface area contributed by atoms with Crippen LogP contribution in [0.4, 0.5) is 0 Å². The van der Waals surface area contributed by atoms with Crippen molar-refractivity contribution in [3.63, 3.8) is 0 Å². The second-order valence-electron chi connectivity index (χ2n) is 4.71. The largest absolute Gasteiger partial charge is 0.493 e. The monoisotopic (exact) mass is 310 g/mol. The number of nitrogens with one attached hydrogen (secondary N) is 1. The van der Waals surface area contributed by atoms with E-state index in [0.29, 0.717) is 4.61 Å². The third kappa shape index (κ3) is 2.21.